The van der Waals surface area contributed by atoms with E-state index < -0.39 is 0 Å². The molecule has 4 aliphatic rings. The van der Waals surface area contributed by atoms with Gasteiger partial charge in [0.05, 0.1) is 0 Å². The van der Waals surface area contributed by atoms with Crippen LogP contribution < -0.4 is 0 Å². The first-order valence-electron chi connectivity index (χ1n) is 4.87. The van der Waals surface area contributed by atoms with Crippen LogP contribution in [0.4, 0.5) is 0 Å². The highest BCUT2D eigenvalue weighted by molar-refractivity contribution is 5.32. The Hall–Kier alpha value is 0. The number of hydrogen-bond acceptors (Lipinski definition) is 0. The van der Waals surface area contributed by atoms with Crippen molar-refractivity contribution in [3.8, 4) is 0 Å². The molecule has 4 atom stereocenters. The van der Waals surface area contributed by atoms with Gasteiger partial charge in [-0.15, -0.1) is 0 Å². The van der Waals surface area contributed by atoms with Crippen LogP contribution in [0.1, 0.15) is 38.5 Å². The van der Waals surface area contributed by atoms with Crippen LogP contribution in [0.2, 0.25) is 0 Å². The molecule has 0 aromatic rings. The summed E-state index contributed by atoms with van der Waals surface area (Å²) in [4.78, 5) is 0. The van der Waals surface area contributed by atoms with Gasteiger partial charge in [-0.05, 0) is 61.2 Å². The highest BCUT2D eigenvalue weighted by Gasteiger charge is 2.83. The van der Waals surface area contributed by atoms with Gasteiger partial charge < -0.3 is 0 Å². The second-order valence-corrected chi connectivity index (χ2v) is 5.20. The molecule has 0 saturated heterocycles. The van der Waals surface area contributed by atoms with E-state index in [2.05, 4.69) is 0 Å². The Bertz CT molecular complexity index is 198. The summed E-state index contributed by atoms with van der Waals surface area (Å²) in [5.41, 5.74) is 1.99. The fourth-order valence-electron chi connectivity index (χ4n) is 4.96. The Morgan fingerprint density at radius 1 is 0.900 bits per heavy atom. The predicted molar refractivity (Wildman–Crippen MR) is 39.5 cm³/mol. The Balaban J connectivity index is 1.94. The van der Waals surface area contributed by atoms with Crippen LogP contribution in [0, 0.1) is 22.7 Å². The van der Waals surface area contributed by atoms with E-state index in [9.17, 15) is 0 Å². The van der Waals surface area contributed by atoms with Crippen molar-refractivity contribution in [2.24, 2.45) is 22.7 Å². The molecule has 0 aromatic carbocycles. The zero-order valence-corrected chi connectivity index (χ0v) is 6.40. The highest BCUT2D eigenvalue weighted by atomic mass is 14.9. The van der Waals surface area contributed by atoms with Gasteiger partial charge in [0, 0.05) is 0 Å². The largest absolute Gasteiger partial charge is 0.0496 e. The van der Waals surface area contributed by atoms with E-state index >= 15 is 0 Å². The van der Waals surface area contributed by atoms with E-state index in [-0.39, 0.29) is 0 Å². The van der Waals surface area contributed by atoms with Crippen LogP contribution in [0.25, 0.3) is 0 Å². The molecular formula is C10H14. The summed E-state index contributed by atoms with van der Waals surface area (Å²) in [5, 5.41) is 0. The average molecular weight is 134 g/mol. The minimum absolute atomic E-state index is 0.996. The summed E-state index contributed by atoms with van der Waals surface area (Å²) < 4.78 is 0. The first-order chi connectivity index (χ1) is 4.87. The molecule has 10 heavy (non-hydrogen) atoms. The lowest BCUT2D eigenvalue weighted by atomic mass is 9.66. The summed E-state index contributed by atoms with van der Waals surface area (Å²) in [6.07, 6.45) is 9.75. The summed E-state index contributed by atoms with van der Waals surface area (Å²) in [6.45, 7) is 0. The van der Waals surface area contributed by atoms with Crippen molar-refractivity contribution in [2.75, 3.05) is 0 Å². The normalized spacial score (nSPS) is 74.4. The lowest BCUT2D eigenvalue weighted by Gasteiger charge is -2.39. The fraction of sp³-hybridized carbons (Fsp3) is 1.00. The van der Waals surface area contributed by atoms with Gasteiger partial charge in [0.1, 0.15) is 0 Å². The Labute approximate surface area is 62.0 Å². The zero-order chi connectivity index (χ0) is 6.40. The molecule has 0 amide bonds. The molecule has 0 aromatic heterocycles. The predicted octanol–water partition coefficient (Wildman–Crippen LogP) is 2.59. The van der Waals surface area contributed by atoms with E-state index in [0.717, 1.165) is 10.8 Å². The molecular weight excluding hydrogens is 120 g/mol. The van der Waals surface area contributed by atoms with E-state index in [1.807, 2.05) is 0 Å². The summed E-state index contributed by atoms with van der Waals surface area (Å²) in [7, 11) is 0. The maximum Gasteiger partial charge on any atom is -0.0204 e. The minimum Gasteiger partial charge on any atom is -0.0496 e. The van der Waals surface area contributed by atoms with E-state index in [1.165, 1.54) is 11.8 Å². The maximum atomic E-state index is 1.66. The first kappa shape index (κ1) is 4.79. The summed E-state index contributed by atoms with van der Waals surface area (Å²) in [6, 6.07) is 0. The van der Waals surface area contributed by atoms with E-state index in [0.29, 0.717) is 0 Å². The topological polar surface area (TPSA) is 0 Å². The van der Waals surface area contributed by atoms with Gasteiger partial charge in [-0.3, -0.25) is 0 Å². The molecule has 0 N–H and O–H groups in total. The third-order valence-electron chi connectivity index (χ3n) is 5.51. The van der Waals surface area contributed by atoms with Crippen molar-refractivity contribution in [3.63, 3.8) is 0 Å². The second-order valence-electron chi connectivity index (χ2n) is 5.20. The van der Waals surface area contributed by atoms with Crippen molar-refractivity contribution in [3.05, 3.63) is 0 Å². The van der Waals surface area contributed by atoms with Gasteiger partial charge in [0.15, 0.2) is 0 Å². The molecule has 0 nitrogen and oxygen atoms in total. The van der Waals surface area contributed by atoms with Gasteiger partial charge in [-0.25, -0.2) is 0 Å². The van der Waals surface area contributed by atoms with Gasteiger partial charge in [0.2, 0.25) is 0 Å². The highest BCUT2D eigenvalue weighted by Crippen LogP contribution is 2.91. The molecule has 54 valence electrons. The average Bonchev–Trinajstić information content (AvgIpc) is 2.33. The van der Waals surface area contributed by atoms with Crippen molar-refractivity contribution < 1.29 is 0 Å². The quantitative estimate of drug-likeness (QED) is 0.477. The van der Waals surface area contributed by atoms with Crippen LogP contribution in [-0.4, -0.2) is 0 Å². The molecule has 0 radical (unpaired) electrons. The van der Waals surface area contributed by atoms with Crippen LogP contribution >= 0.6 is 0 Å². The van der Waals surface area contributed by atoms with Gasteiger partial charge in [0.25, 0.3) is 0 Å². The van der Waals surface area contributed by atoms with Crippen LogP contribution in [0.15, 0.2) is 0 Å². The van der Waals surface area contributed by atoms with E-state index in [4.69, 9.17) is 0 Å². The fourth-order valence-corrected chi connectivity index (χ4v) is 4.96. The molecule has 2 bridgehead atoms. The zero-order valence-electron chi connectivity index (χ0n) is 6.40. The third kappa shape index (κ3) is 0.233. The second kappa shape index (κ2) is 1.00. The lowest BCUT2D eigenvalue weighted by Crippen LogP contribution is -2.31. The van der Waals surface area contributed by atoms with Crippen molar-refractivity contribution in [1.82, 2.24) is 0 Å². The van der Waals surface area contributed by atoms with Crippen LogP contribution in [-0.2, 0) is 0 Å². The summed E-state index contributed by atoms with van der Waals surface area (Å²) >= 11 is 0. The Morgan fingerprint density at radius 3 is 1.90 bits per heavy atom. The maximum absolute atomic E-state index is 1.66. The number of fused-ring (bicyclic) bond motifs is 2. The van der Waals surface area contributed by atoms with Gasteiger partial charge in [-0.1, -0.05) is 0 Å². The van der Waals surface area contributed by atoms with E-state index in [1.54, 1.807) is 38.5 Å². The molecule has 4 aliphatic carbocycles. The molecule has 0 aliphatic heterocycles. The van der Waals surface area contributed by atoms with Crippen LogP contribution in [0.5, 0.6) is 0 Å². The Kier molecular flexibility index (Phi) is 0.479. The molecule has 0 spiro atoms. The van der Waals surface area contributed by atoms with Gasteiger partial charge >= 0.3 is 0 Å². The third-order valence-corrected chi connectivity index (χ3v) is 5.51. The molecule has 4 rings (SSSR count). The minimum atomic E-state index is 0.996. The van der Waals surface area contributed by atoms with Gasteiger partial charge in [-0.2, -0.15) is 0 Å². The molecule has 0 heteroatoms. The Morgan fingerprint density at radius 2 is 1.50 bits per heavy atom. The molecule has 4 saturated carbocycles. The standard InChI is InChI=1S/C10H14/c1-2-8-5-7(1)9-3-4-10(8,9)6-9/h7-8H,1-6H2/t7-,8+,9?,10?. The van der Waals surface area contributed by atoms with Crippen molar-refractivity contribution in [2.45, 2.75) is 38.5 Å². The number of rotatable bonds is 0. The van der Waals surface area contributed by atoms with Crippen molar-refractivity contribution in [1.29, 1.82) is 0 Å². The number of hydrogen-bond donors (Lipinski definition) is 0. The smallest absolute Gasteiger partial charge is 0.0204 e. The SMILES string of the molecule is C1C[C@H]2C[C@@H]1C13CCC21C3. The molecule has 0 heterocycles. The summed E-state index contributed by atoms with van der Waals surface area (Å²) in [5.74, 6) is 2.43. The van der Waals surface area contributed by atoms with Crippen molar-refractivity contribution >= 4 is 0 Å². The molecule has 4 fully saturated rings. The van der Waals surface area contributed by atoms with Crippen LogP contribution in [0.3, 0.4) is 0 Å². The first-order valence-corrected chi connectivity index (χ1v) is 4.87. The molecule has 2 unspecified atom stereocenters. The monoisotopic (exact) mass is 134 g/mol. The lowest BCUT2D eigenvalue weighted by molar-refractivity contribution is 0.103.